The summed E-state index contributed by atoms with van der Waals surface area (Å²) in [5.74, 6) is 1.80. The predicted molar refractivity (Wildman–Crippen MR) is 86.7 cm³/mol. The largest absolute Gasteiger partial charge is 0.493 e. The van der Waals surface area contributed by atoms with Gasteiger partial charge in [0.15, 0.2) is 0 Å². The molecule has 0 saturated heterocycles. The van der Waals surface area contributed by atoms with Gasteiger partial charge in [-0.15, -0.1) is 0 Å². The Morgan fingerprint density at radius 3 is 3.00 bits per heavy atom. The maximum absolute atomic E-state index is 5.91. The van der Waals surface area contributed by atoms with Crippen molar-refractivity contribution in [2.24, 2.45) is 5.73 Å². The Bertz CT molecular complexity index is 655. The lowest BCUT2D eigenvalue weighted by Gasteiger charge is -2.12. The first kappa shape index (κ1) is 14.4. The van der Waals surface area contributed by atoms with Crippen LogP contribution in [0.2, 0.25) is 0 Å². The highest BCUT2D eigenvalue weighted by Crippen LogP contribution is 2.33. The van der Waals surface area contributed by atoms with Gasteiger partial charge in [0.05, 0.1) is 6.61 Å². The SMILES string of the molecule is C[C@H](N)c1cccc(OCc2cc(Br)cc3c2OCC3)c1. The van der Waals surface area contributed by atoms with Crippen molar-refractivity contribution in [3.8, 4) is 11.5 Å². The van der Waals surface area contributed by atoms with Crippen LogP contribution >= 0.6 is 15.9 Å². The standard InChI is InChI=1S/C17H18BrNO2/c1-11(19)12-3-2-4-16(9-12)21-10-14-8-15(18)7-13-5-6-20-17(13)14/h2-4,7-9,11H,5-6,10,19H2,1H3/t11-/m0/s1. The molecule has 1 atom stereocenters. The van der Waals surface area contributed by atoms with Crippen molar-refractivity contribution < 1.29 is 9.47 Å². The predicted octanol–water partition coefficient (Wildman–Crippen LogP) is 3.98. The third-order valence-corrected chi connectivity index (χ3v) is 4.06. The molecule has 3 rings (SSSR count). The zero-order chi connectivity index (χ0) is 14.8. The van der Waals surface area contributed by atoms with Gasteiger partial charge in [0, 0.05) is 22.5 Å². The number of hydrogen-bond acceptors (Lipinski definition) is 3. The van der Waals surface area contributed by atoms with Crippen molar-refractivity contribution >= 4 is 15.9 Å². The maximum atomic E-state index is 5.91. The highest BCUT2D eigenvalue weighted by atomic mass is 79.9. The van der Waals surface area contributed by atoms with E-state index in [-0.39, 0.29) is 6.04 Å². The second kappa shape index (κ2) is 6.08. The Kier molecular flexibility index (Phi) is 4.17. The molecule has 2 aromatic carbocycles. The minimum absolute atomic E-state index is 0.00648. The summed E-state index contributed by atoms with van der Waals surface area (Å²) in [6.45, 7) is 3.21. The first-order valence-corrected chi connectivity index (χ1v) is 7.85. The number of hydrogen-bond donors (Lipinski definition) is 1. The number of rotatable bonds is 4. The summed E-state index contributed by atoms with van der Waals surface area (Å²) in [6.07, 6.45) is 0.960. The average molecular weight is 348 g/mol. The molecule has 2 N–H and O–H groups in total. The van der Waals surface area contributed by atoms with Crippen molar-refractivity contribution in [3.05, 3.63) is 57.6 Å². The highest BCUT2D eigenvalue weighted by molar-refractivity contribution is 9.10. The van der Waals surface area contributed by atoms with Gasteiger partial charge < -0.3 is 15.2 Å². The molecule has 0 spiro atoms. The monoisotopic (exact) mass is 347 g/mol. The fourth-order valence-electron chi connectivity index (χ4n) is 2.50. The van der Waals surface area contributed by atoms with E-state index in [9.17, 15) is 0 Å². The molecule has 21 heavy (non-hydrogen) atoms. The Morgan fingerprint density at radius 2 is 2.19 bits per heavy atom. The van der Waals surface area contributed by atoms with E-state index in [0.29, 0.717) is 6.61 Å². The minimum Gasteiger partial charge on any atom is -0.493 e. The Morgan fingerprint density at radius 1 is 1.33 bits per heavy atom. The summed E-state index contributed by atoms with van der Waals surface area (Å²) in [4.78, 5) is 0. The number of halogens is 1. The summed E-state index contributed by atoms with van der Waals surface area (Å²) < 4.78 is 12.7. The van der Waals surface area contributed by atoms with Crippen molar-refractivity contribution in [3.63, 3.8) is 0 Å². The van der Waals surface area contributed by atoms with Gasteiger partial charge in [0.1, 0.15) is 18.1 Å². The number of nitrogens with two attached hydrogens (primary N) is 1. The van der Waals surface area contributed by atoms with E-state index in [1.54, 1.807) is 0 Å². The lowest BCUT2D eigenvalue weighted by Crippen LogP contribution is -2.05. The molecule has 0 unspecified atom stereocenters. The van der Waals surface area contributed by atoms with Crippen molar-refractivity contribution in [2.75, 3.05) is 6.61 Å². The van der Waals surface area contributed by atoms with Crippen LogP contribution in [0, 0.1) is 0 Å². The summed E-state index contributed by atoms with van der Waals surface area (Å²) in [6, 6.07) is 12.1. The van der Waals surface area contributed by atoms with Crippen LogP contribution in [0.25, 0.3) is 0 Å². The van der Waals surface area contributed by atoms with Gasteiger partial charge in [0.25, 0.3) is 0 Å². The molecule has 0 aromatic heterocycles. The van der Waals surface area contributed by atoms with E-state index in [0.717, 1.165) is 40.1 Å². The Labute approximate surface area is 133 Å². The molecule has 0 fully saturated rings. The van der Waals surface area contributed by atoms with Gasteiger partial charge in [0.2, 0.25) is 0 Å². The zero-order valence-electron chi connectivity index (χ0n) is 11.9. The third-order valence-electron chi connectivity index (χ3n) is 3.60. The molecule has 0 bridgehead atoms. The van der Waals surface area contributed by atoms with Crippen LogP contribution in [-0.4, -0.2) is 6.61 Å². The van der Waals surface area contributed by atoms with Crippen LogP contribution in [0.3, 0.4) is 0 Å². The minimum atomic E-state index is 0.00648. The van der Waals surface area contributed by atoms with Gasteiger partial charge in [-0.2, -0.15) is 0 Å². The van der Waals surface area contributed by atoms with E-state index in [1.807, 2.05) is 31.2 Å². The molecule has 110 valence electrons. The molecule has 1 heterocycles. The third kappa shape index (κ3) is 3.22. The van der Waals surface area contributed by atoms with E-state index in [1.165, 1.54) is 5.56 Å². The summed E-state index contributed by atoms with van der Waals surface area (Å²) in [7, 11) is 0. The van der Waals surface area contributed by atoms with Crippen LogP contribution in [0.4, 0.5) is 0 Å². The van der Waals surface area contributed by atoms with Crippen molar-refractivity contribution in [1.82, 2.24) is 0 Å². The summed E-state index contributed by atoms with van der Waals surface area (Å²) >= 11 is 3.55. The average Bonchev–Trinajstić information content (AvgIpc) is 2.93. The first-order chi connectivity index (χ1) is 10.1. The molecule has 0 radical (unpaired) electrons. The highest BCUT2D eigenvalue weighted by Gasteiger charge is 2.17. The van der Waals surface area contributed by atoms with Crippen LogP contribution in [0.15, 0.2) is 40.9 Å². The first-order valence-electron chi connectivity index (χ1n) is 7.06. The van der Waals surface area contributed by atoms with Gasteiger partial charge >= 0.3 is 0 Å². The van der Waals surface area contributed by atoms with Gasteiger partial charge in [-0.05, 0) is 42.3 Å². The van der Waals surface area contributed by atoms with Crippen molar-refractivity contribution in [1.29, 1.82) is 0 Å². The van der Waals surface area contributed by atoms with Crippen molar-refractivity contribution in [2.45, 2.75) is 26.0 Å². The lowest BCUT2D eigenvalue weighted by molar-refractivity contribution is 0.291. The van der Waals surface area contributed by atoms with Gasteiger partial charge in [-0.1, -0.05) is 28.1 Å². The number of ether oxygens (including phenoxy) is 2. The van der Waals surface area contributed by atoms with E-state index in [4.69, 9.17) is 15.2 Å². The molecule has 4 heteroatoms. The Balaban J connectivity index is 1.78. The fraction of sp³-hybridized carbons (Fsp3) is 0.294. The Hall–Kier alpha value is -1.52. The second-order valence-electron chi connectivity index (χ2n) is 5.30. The quantitative estimate of drug-likeness (QED) is 0.909. The number of fused-ring (bicyclic) bond motifs is 1. The molecule has 3 nitrogen and oxygen atoms in total. The zero-order valence-corrected chi connectivity index (χ0v) is 13.5. The lowest BCUT2D eigenvalue weighted by atomic mass is 10.1. The molecular weight excluding hydrogens is 330 g/mol. The molecular formula is C17H18BrNO2. The molecule has 2 aromatic rings. The van der Waals surface area contributed by atoms with E-state index < -0.39 is 0 Å². The van der Waals surface area contributed by atoms with E-state index in [2.05, 4.69) is 28.1 Å². The summed E-state index contributed by atoms with van der Waals surface area (Å²) in [5.41, 5.74) is 9.29. The molecule has 0 saturated carbocycles. The normalized spacial score (nSPS) is 14.4. The second-order valence-corrected chi connectivity index (χ2v) is 6.22. The smallest absolute Gasteiger partial charge is 0.129 e. The maximum Gasteiger partial charge on any atom is 0.129 e. The molecule has 0 amide bonds. The van der Waals surface area contributed by atoms with Gasteiger partial charge in [-0.25, -0.2) is 0 Å². The van der Waals surface area contributed by atoms with Crippen LogP contribution in [0.1, 0.15) is 29.7 Å². The van der Waals surface area contributed by atoms with Crippen LogP contribution in [0.5, 0.6) is 11.5 Å². The van der Waals surface area contributed by atoms with Gasteiger partial charge in [-0.3, -0.25) is 0 Å². The van der Waals surface area contributed by atoms with E-state index >= 15 is 0 Å². The topological polar surface area (TPSA) is 44.5 Å². The molecule has 0 aliphatic carbocycles. The van der Waals surface area contributed by atoms with Crippen LogP contribution < -0.4 is 15.2 Å². The van der Waals surface area contributed by atoms with Crippen LogP contribution in [-0.2, 0) is 13.0 Å². The summed E-state index contributed by atoms with van der Waals surface area (Å²) in [5, 5.41) is 0. The molecule has 1 aliphatic rings. The number of benzene rings is 2. The fourth-order valence-corrected chi connectivity index (χ4v) is 3.05. The molecule has 1 aliphatic heterocycles.